The van der Waals surface area contributed by atoms with Gasteiger partial charge in [-0.2, -0.15) is 0 Å². The van der Waals surface area contributed by atoms with Crippen LogP contribution in [0.5, 0.6) is 0 Å². The number of nitrogens with one attached hydrogen (secondary N) is 1. The van der Waals surface area contributed by atoms with E-state index in [2.05, 4.69) is 78.2 Å². The Bertz CT molecular complexity index is 585. The number of hydrogen-bond donors (Lipinski definition) is 1. The SMILES string of the molecule is CC1(C)OB(C2=CN(C3CCC(O[Si](C)(C)C(C)(C)C)C3)NC2)OC1(C)C. The molecule has 0 spiro atoms. The highest BCUT2D eigenvalue weighted by Gasteiger charge is 2.53. The van der Waals surface area contributed by atoms with Gasteiger partial charge in [0, 0.05) is 24.9 Å². The van der Waals surface area contributed by atoms with Gasteiger partial charge >= 0.3 is 7.12 Å². The molecule has 7 heteroatoms. The van der Waals surface area contributed by atoms with Crippen LogP contribution in [0.4, 0.5) is 0 Å². The Balaban J connectivity index is 1.59. The van der Waals surface area contributed by atoms with E-state index in [4.69, 9.17) is 13.7 Å². The lowest BCUT2D eigenvalue weighted by Crippen LogP contribution is -2.44. The first kappa shape index (κ1) is 21.4. The summed E-state index contributed by atoms with van der Waals surface area (Å²) in [6.45, 7) is 20.9. The van der Waals surface area contributed by atoms with Gasteiger partial charge in [0.05, 0.1) is 11.2 Å². The van der Waals surface area contributed by atoms with Gasteiger partial charge in [-0.05, 0) is 70.6 Å². The van der Waals surface area contributed by atoms with Gasteiger partial charge in [0.25, 0.3) is 0 Å². The van der Waals surface area contributed by atoms with Crippen LogP contribution in [0.25, 0.3) is 0 Å². The molecule has 1 aliphatic carbocycles. The molecule has 2 atom stereocenters. The van der Waals surface area contributed by atoms with E-state index < -0.39 is 8.32 Å². The molecular weight excluding hydrogens is 355 g/mol. The monoisotopic (exact) mass is 394 g/mol. The molecule has 1 saturated heterocycles. The van der Waals surface area contributed by atoms with Gasteiger partial charge in [-0.15, -0.1) is 0 Å². The van der Waals surface area contributed by atoms with Crippen LogP contribution in [0, 0.1) is 0 Å². The van der Waals surface area contributed by atoms with Crippen molar-refractivity contribution in [2.24, 2.45) is 0 Å². The van der Waals surface area contributed by atoms with Crippen LogP contribution in [0.15, 0.2) is 11.7 Å². The van der Waals surface area contributed by atoms with Crippen LogP contribution < -0.4 is 5.43 Å². The fourth-order valence-electron chi connectivity index (χ4n) is 3.70. The van der Waals surface area contributed by atoms with Gasteiger partial charge in [-0.3, -0.25) is 0 Å². The highest BCUT2D eigenvalue weighted by molar-refractivity contribution is 6.74. The summed E-state index contributed by atoms with van der Waals surface area (Å²) < 4.78 is 19.1. The molecule has 3 aliphatic rings. The van der Waals surface area contributed by atoms with Crippen molar-refractivity contribution in [3.05, 3.63) is 11.7 Å². The molecule has 0 radical (unpaired) electrons. The predicted molar refractivity (Wildman–Crippen MR) is 114 cm³/mol. The van der Waals surface area contributed by atoms with Crippen molar-refractivity contribution in [3.8, 4) is 0 Å². The maximum atomic E-state index is 6.65. The van der Waals surface area contributed by atoms with Crippen molar-refractivity contribution in [1.82, 2.24) is 10.4 Å². The average Bonchev–Trinajstić information content (AvgIpc) is 3.16. The van der Waals surface area contributed by atoms with Crippen LogP contribution in [0.1, 0.15) is 67.7 Å². The zero-order chi connectivity index (χ0) is 20.3. The Kier molecular flexibility index (Phi) is 5.44. The number of rotatable bonds is 4. The Labute approximate surface area is 167 Å². The molecule has 0 aromatic carbocycles. The molecule has 3 rings (SSSR count). The summed E-state index contributed by atoms with van der Waals surface area (Å²) in [5.74, 6) is 0. The predicted octanol–water partition coefficient (Wildman–Crippen LogP) is 4.26. The van der Waals surface area contributed by atoms with Gasteiger partial charge in [0.1, 0.15) is 0 Å². The second kappa shape index (κ2) is 6.87. The van der Waals surface area contributed by atoms with E-state index in [1.54, 1.807) is 0 Å². The van der Waals surface area contributed by atoms with Crippen molar-refractivity contribution >= 4 is 15.4 Å². The van der Waals surface area contributed by atoms with Crippen molar-refractivity contribution in [2.75, 3.05) is 6.54 Å². The van der Waals surface area contributed by atoms with E-state index in [1.165, 1.54) is 11.9 Å². The maximum absolute atomic E-state index is 6.65. The Hall–Kier alpha value is -0.338. The van der Waals surface area contributed by atoms with Crippen molar-refractivity contribution in [2.45, 2.75) is 109 Å². The third kappa shape index (κ3) is 4.18. The van der Waals surface area contributed by atoms with Crippen LogP contribution in [0.3, 0.4) is 0 Å². The van der Waals surface area contributed by atoms with E-state index in [0.717, 1.165) is 19.4 Å². The zero-order valence-electron chi connectivity index (χ0n) is 18.8. The first-order chi connectivity index (χ1) is 12.2. The third-order valence-electron chi connectivity index (χ3n) is 7.34. The summed E-state index contributed by atoms with van der Waals surface area (Å²) in [4.78, 5) is 0. The van der Waals surface area contributed by atoms with Crippen molar-refractivity contribution in [3.63, 3.8) is 0 Å². The first-order valence-corrected chi connectivity index (χ1v) is 13.4. The van der Waals surface area contributed by atoms with Gasteiger partial charge in [-0.1, -0.05) is 20.8 Å². The molecule has 2 unspecified atom stereocenters. The number of hydrogen-bond acceptors (Lipinski definition) is 5. The van der Waals surface area contributed by atoms with Crippen LogP contribution >= 0.6 is 0 Å². The van der Waals surface area contributed by atoms with Crippen LogP contribution in [0.2, 0.25) is 18.1 Å². The molecule has 5 nitrogen and oxygen atoms in total. The molecule has 0 bridgehead atoms. The Morgan fingerprint density at radius 1 is 1.15 bits per heavy atom. The topological polar surface area (TPSA) is 43.0 Å². The van der Waals surface area contributed by atoms with E-state index in [1.807, 2.05) is 0 Å². The van der Waals surface area contributed by atoms with Crippen LogP contribution in [-0.2, 0) is 13.7 Å². The lowest BCUT2D eigenvalue weighted by Gasteiger charge is -2.38. The molecule has 2 heterocycles. The quantitative estimate of drug-likeness (QED) is 0.722. The second-order valence-corrected chi connectivity index (χ2v) is 15.8. The second-order valence-electron chi connectivity index (χ2n) is 11.0. The summed E-state index contributed by atoms with van der Waals surface area (Å²) in [6, 6.07) is 0.486. The molecule has 0 amide bonds. The molecule has 0 aromatic rings. The molecule has 27 heavy (non-hydrogen) atoms. The van der Waals surface area contributed by atoms with Gasteiger partial charge < -0.3 is 18.7 Å². The fraction of sp³-hybridized carbons (Fsp3) is 0.900. The lowest BCUT2D eigenvalue weighted by molar-refractivity contribution is 0.00578. The highest BCUT2D eigenvalue weighted by Crippen LogP contribution is 2.41. The van der Waals surface area contributed by atoms with E-state index in [9.17, 15) is 0 Å². The third-order valence-corrected chi connectivity index (χ3v) is 11.9. The molecule has 1 N–H and O–H groups in total. The smallest absolute Gasteiger partial charge is 0.414 e. The maximum Gasteiger partial charge on any atom is 0.493 e. The van der Waals surface area contributed by atoms with Gasteiger partial charge in [0.2, 0.25) is 0 Å². The summed E-state index contributed by atoms with van der Waals surface area (Å²) >= 11 is 0. The zero-order valence-corrected chi connectivity index (χ0v) is 19.8. The normalized spacial score (nSPS) is 30.9. The minimum absolute atomic E-state index is 0.256. The number of nitrogens with zero attached hydrogens (tertiary/aromatic N) is 1. The van der Waals surface area contributed by atoms with Crippen molar-refractivity contribution in [1.29, 1.82) is 0 Å². The van der Waals surface area contributed by atoms with Crippen LogP contribution in [-0.4, -0.2) is 50.3 Å². The molecule has 1 saturated carbocycles. The van der Waals surface area contributed by atoms with E-state index in [0.29, 0.717) is 12.1 Å². The molecule has 2 fully saturated rings. The first-order valence-electron chi connectivity index (χ1n) is 10.5. The highest BCUT2D eigenvalue weighted by atomic mass is 28.4. The summed E-state index contributed by atoms with van der Waals surface area (Å²) in [5.41, 5.74) is 4.13. The number of hydrazine groups is 1. The minimum atomic E-state index is -1.70. The standard InChI is InChI=1S/C20H39BN2O3Si/c1-18(2,3)27(8,9)24-17-11-10-16(12-17)23-14-15(13-22-23)21-25-19(4,5)20(6,7)26-21/h14,16-17,22H,10-13H2,1-9H3. The Morgan fingerprint density at radius 3 is 2.30 bits per heavy atom. The van der Waals surface area contributed by atoms with Crippen molar-refractivity contribution < 1.29 is 13.7 Å². The molecule has 154 valence electrons. The fourth-order valence-corrected chi connectivity index (χ4v) is 5.10. The van der Waals surface area contributed by atoms with E-state index >= 15 is 0 Å². The average molecular weight is 394 g/mol. The summed E-state index contributed by atoms with van der Waals surface area (Å²) in [5, 5.41) is 2.54. The van der Waals surface area contributed by atoms with Gasteiger partial charge in [-0.25, -0.2) is 5.43 Å². The lowest BCUT2D eigenvalue weighted by atomic mass is 9.79. The summed E-state index contributed by atoms with van der Waals surface area (Å²) in [7, 11) is -1.96. The Morgan fingerprint density at radius 2 is 1.74 bits per heavy atom. The minimum Gasteiger partial charge on any atom is -0.414 e. The van der Waals surface area contributed by atoms with Gasteiger partial charge in [0.15, 0.2) is 8.32 Å². The largest absolute Gasteiger partial charge is 0.493 e. The molecule has 0 aromatic heterocycles. The van der Waals surface area contributed by atoms with E-state index in [-0.39, 0.29) is 23.4 Å². The molecular formula is C20H39BN2O3Si. The molecule has 2 aliphatic heterocycles. The summed E-state index contributed by atoms with van der Waals surface area (Å²) in [6.07, 6.45) is 6.00.